The van der Waals surface area contributed by atoms with Crippen LogP contribution in [0, 0.1) is 16.0 Å². The molecule has 0 amide bonds. The van der Waals surface area contributed by atoms with Crippen molar-refractivity contribution in [2.75, 3.05) is 29.7 Å². The molecule has 0 saturated carbocycles. The molecule has 0 aliphatic heterocycles. The first-order valence-corrected chi connectivity index (χ1v) is 9.53. The summed E-state index contributed by atoms with van der Waals surface area (Å²) in [4.78, 5) is 0. The van der Waals surface area contributed by atoms with Gasteiger partial charge in [-0.2, -0.15) is 0 Å². The second kappa shape index (κ2) is 7.86. The predicted octanol–water partition coefficient (Wildman–Crippen LogP) is 1.79. The first-order chi connectivity index (χ1) is 11.7. The SMILES string of the molecule is CS(=N)(=O)NCCNc1nonc1C(=N)N(O)c1ccc(F)c(Br)c1. The van der Waals surface area contributed by atoms with Crippen LogP contribution in [0.5, 0.6) is 0 Å². The molecule has 1 aromatic carbocycles. The highest BCUT2D eigenvalue weighted by molar-refractivity contribution is 9.10. The highest BCUT2D eigenvalue weighted by Gasteiger charge is 2.21. The first-order valence-electron chi connectivity index (χ1n) is 6.77. The Morgan fingerprint density at radius 3 is 2.84 bits per heavy atom. The Kier molecular flexibility index (Phi) is 6.05. The Morgan fingerprint density at radius 2 is 2.20 bits per heavy atom. The maximum absolute atomic E-state index is 13.3. The Morgan fingerprint density at radius 1 is 1.48 bits per heavy atom. The number of aromatic nitrogens is 2. The maximum Gasteiger partial charge on any atom is 0.202 e. The largest absolute Gasteiger partial charge is 0.364 e. The fraction of sp³-hybridized carbons (Fsp3) is 0.250. The monoisotopic (exact) mass is 435 g/mol. The smallest absolute Gasteiger partial charge is 0.202 e. The van der Waals surface area contributed by atoms with Crippen LogP contribution >= 0.6 is 15.9 Å². The summed E-state index contributed by atoms with van der Waals surface area (Å²) in [7, 11) is -2.82. The average molecular weight is 436 g/mol. The van der Waals surface area contributed by atoms with E-state index in [9.17, 15) is 13.8 Å². The van der Waals surface area contributed by atoms with Crippen molar-refractivity contribution in [1.29, 1.82) is 10.2 Å². The quantitative estimate of drug-likeness (QED) is 0.192. The van der Waals surface area contributed by atoms with Gasteiger partial charge in [-0.15, -0.1) is 0 Å². The minimum atomic E-state index is -2.82. The lowest BCUT2D eigenvalue weighted by Crippen LogP contribution is -2.30. The lowest BCUT2D eigenvalue weighted by molar-refractivity contribution is 0.300. The van der Waals surface area contributed by atoms with Gasteiger partial charge in [-0.25, -0.2) is 27.8 Å². The molecule has 13 heteroatoms. The Hall–Kier alpha value is -2.09. The van der Waals surface area contributed by atoms with Crippen molar-refractivity contribution < 1.29 is 18.4 Å². The summed E-state index contributed by atoms with van der Waals surface area (Å²) >= 11 is 3.00. The van der Waals surface area contributed by atoms with Gasteiger partial charge in [-0.1, -0.05) is 0 Å². The second-order valence-corrected chi connectivity index (χ2v) is 7.72. The molecule has 1 atom stereocenters. The van der Waals surface area contributed by atoms with Gasteiger partial charge in [-0.3, -0.25) is 10.6 Å². The van der Waals surface area contributed by atoms with Gasteiger partial charge < -0.3 is 5.32 Å². The van der Waals surface area contributed by atoms with Crippen LogP contribution in [0.1, 0.15) is 5.69 Å². The molecule has 1 aromatic heterocycles. The number of amidine groups is 1. The first kappa shape index (κ1) is 19.2. The van der Waals surface area contributed by atoms with Crippen LogP contribution in [0.25, 0.3) is 0 Å². The van der Waals surface area contributed by atoms with E-state index in [1.807, 2.05) is 0 Å². The van der Waals surface area contributed by atoms with Crippen LogP contribution < -0.4 is 15.1 Å². The van der Waals surface area contributed by atoms with Crippen molar-refractivity contribution in [3.8, 4) is 0 Å². The zero-order chi connectivity index (χ0) is 18.6. The Balaban J connectivity index is 2.07. The molecule has 0 fully saturated rings. The maximum atomic E-state index is 13.3. The molecule has 136 valence electrons. The number of benzene rings is 1. The summed E-state index contributed by atoms with van der Waals surface area (Å²) in [6, 6.07) is 3.71. The molecule has 0 bridgehead atoms. The summed E-state index contributed by atoms with van der Waals surface area (Å²) in [5.41, 5.74) is 0.0554. The molecule has 0 spiro atoms. The van der Waals surface area contributed by atoms with E-state index in [1.54, 1.807) is 0 Å². The fourth-order valence-electron chi connectivity index (χ4n) is 1.73. The van der Waals surface area contributed by atoms with E-state index < -0.39 is 21.6 Å². The number of nitrogens with one attached hydrogen (secondary N) is 4. The predicted molar refractivity (Wildman–Crippen MR) is 92.8 cm³/mol. The van der Waals surface area contributed by atoms with Crippen molar-refractivity contribution >= 4 is 43.2 Å². The van der Waals surface area contributed by atoms with E-state index in [0.717, 1.165) is 6.07 Å². The van der Waals surface area contributed by atoms with Crippen LogP contribution in [-0.2, 0) is 9.92 Å². The van der Waals surface area contributed by atoms with Crippen molar-refractivity contribution in [2.24, 2.45) is 0 Å². The normalized spacial score (nSPS) is 13.3. The third kappa shape index (κ3) is 5.19. The molecule has 0 aliphatic carbocycles. The van der Waals surface area contributed by atoms with Gasteiger partial charge in [0, 0.05) is 19.3 Å². The minimum absolute atomic E-state index is 0.0777. The highest BCUT2D eigenvalue weighted by Crippen LogP contribution is 2.24. The molecule has 5 N–H and O–H groups in total. The van der Waals surface area contributed by atoms with Crippen molar-refractivity contribution in [3.05, 3.63) is 34.2 Å². The van der Waals surface area contributed by atoms with Crippen LogP contribution in [0.4, 0.5) is 15.9 Å². The third-order valence-corrected chi connectivity index (χ3v) is 4.23. The summed E-state index contributed by atoms with van der Waals surface area (Å²) in [6.45, 7) is 0.429. The van der Waals surface area contributed by atoms with Crippen LogP contribution in [0.2, 0.25) is 0 Å². The second-order valence-electron chi connectivity index (χ2n) is 4.89. The molecule has 0 radical (unpaired) electrons. The molecule has 2 rings (SSSR count). The van der Waals surface area contributed by atoms with Gasteiger partial charge in [0.15, 0.2) is 11.5 Å². The average Bonchev–Trinajstić information content (AvgIpc) is 3.00. The fourth-order valence-corrected chi connectivity index (χ4v) is 2.59. The lowest BCUT2D eigenvalue weighted by Gasteiger charge is -2.17. The zero-order valence-electron chi connectivity index (χ0n) is 12.9. The third-order valence-electron chi connectivity index (χ3n) is 2.87. The number of hydrogen-bond acceptors (Lipinski definition) is 8. The number of hydroxylamine groups is 1. The molecule has 0 aliphatic rings. The lowest BCUT2D eigenvalue weighted by atomic mass is 10.3. The molecule has 1 unspecified atom stereocenters. The standard InChI is InChI=1S/C12H15BrFN7O3S/c1-25(16,23)18-5-4-17-12-10(19-24-20-12)11(15)21(22)7-2-3-9(14)8(13)6-7/h2-3,6,15,22H,4-5H2,1H3,(H,17,20)(H2,16,18,23). The molecule has 0 saturated heterocycles. The molecule has 1 heterocycles. The van der Waals surface area contributed by atoms with Gasteiger partial charge >= 0.3 is 0 Å². The van der Waals surface area contributed by atoms with E-state index in [-0.39, 0.29) is 34.8 Å². The van der Waals surface area contributed by atoms with Crippen LogP contribution in [0.3, 0.4) is 0 Å². The molecular weight excluding hydrogens is 421 g/mol. The van der Waals surface area contributed by atoms with E-state index in [0.29, 0.717) is 5.06 Å². The van der Waals surface area contributed by atoms with Gasteiger partial charge in [0.1, 0.15) is 15.7 Å². The van der Waals surface area contributed by atoms with Crippen molar-refractivity contribution in [1.82, 2.24) is 15.0 Å². The van der Waals surface area contributed by atoms with Crippen LogP contribution in [0.15, 0.2) is 27.3 Å². The number of nitrogens with zero attached hydrogens (tertiary/aromatic N) is 3. The summed E-state index contributed by atoms with van der Waals surface area (Å²) in [5.74, 6) is -0.877. The topological polar surface area (TPSA) is 151 Å². The number of halogens is 2. The van der Waals surface area contributed by atoms with Crippen molar-refractivity contribution in [2.45, 2.75) is 0 Å². The van der Waals surface area contributed by atoms with E-state index >= 15 is 0 Å². The number of rotatable bonds is 7. The summed E-state index contributed by atoms with van der Waals surface area (Å²) in [6.07, 6.45) is 1.25. The van der Waals surface area contributed by atoms with Crippen molar-refractivity contribution in [3.63, 3.8) is 0 Å². The van der Waals surface area contributed by atoms with Gasteiger partial charge in [0.05, 0.1) is 10.2 Å². The zero-order valence-corrected chi connectivity index (χ0v) is 15.3. The summed E-state index contributed by atoms with van der Waals surface area (Å²) < 4.78 is 38.9. The van der Waals surface area contributed by atoms with E-state index in [1.165, 1.54) is 18.4 Å². The highest BCUT2D eigenvalue weighted by atomic mass is 79.9. The Bertz CT molecular complexity index is 873. The molecular formula is C12H15BrFN7O3S. The van der Waals surface area contributed by atoms with Gasteiger partial charge in [-0.05, 0) is 44.4 Å². The van der Waals surface area contributed by atoms with Gasteiger partial charge in [0.2, 0.25) is 5.82 Å². The Labute approximate surface area is 151 Å². The summed E-state index contributed by atoms with van der Waals surface area (Å²) in [5, 5.41) is 28.6. The minimum Gasteiger partial charge on any atom is -0.364 e. The van der Waals surface area contributed by atoms with Gasteiger partial charge in [0.25, 0.3) is 0 Å². The van der Waals surface area contributed by atoms with E-state index in [4.69, 9.17) is 10.2 Å². The number of anilines is 2. The van der Waals surface area contributed by atoms with Crippen LogP contribution in [-0.4, -0.2) is 44.9 Å². The van der Waals surface area contributed by atoms with E-state index in [2.05, 4.69) is 40.9 Å². The molecule has 2 aromatic rings. The number of hydrogen-bond donors (Lipinski definition) is 5. The molecule has 10 nitrogen and oxygen atoms in total. The molecule has 25 heavy (non-hydrogen) atoms.